The van der Waals surface area contributed by atoms with Crippen LogP contribution in [0.4, 0.5) is 0 Å². The molecule has 7 heteroatoms. The SMILES string of the molecule is O=C(O)/C=C/C(=O)OCCCCN1C(=O)CCC1=O. The van der Waals surface area contributed by atoms with Gasteiger partial charge in [0.1, 0.15) is 0 Å². The summed E-state index contributed by atoms with van der Waals surface area (Å²) in [6, 6.07) is 0. The van der Waals surface area contributed by atoms with Crippen molar-refractivity contribution >= 4 is 23.8 Å². The molecule has 0 aromatic rings. The minimum atomic E-state index is -1.22. The summed E-state index contributed by atoms with van der Waals surface area (Å²) in [4.78, 5) is 44.8. The van der Waals surface area contributed by atoms with Crippen molar-refractivity contribution in [2.45, 2.75) is 25.7 Å². The Hall–Kier alpha value is -2.18. The Morgan fingerprint density at radius 2 is 1.79 bits per heavy atom. The Bertz CT molecular complexity index is 398. The number of carbonyl (C=O) groups is 4. The van der Waals surface area contributed by atoms with E-state index < -0.39 is 11.9 Å². The lowest BCUT2D eigenvalue weighted by atomic mass is 10.3. The third-order valence-electron chi connectivity index (χ3n) is 2.54. The summed E-state index contributed by atoms with van der Waals surface area (Å²) in [6.45, 7) is 0.458. The van der Waals surface area contributed by atoms with E-state index in [1.165, 1.54) is 4.90 Å². The normalized spacial score (nSPS) is 15.3. The molecule has 0 aliphatic carbocycles. The number of aliphatic carboxylic acids is 1. The van der Waals surface area contributed by atoms with Crippen molar-refractivity contribution < 1.29 is 29.0 Å². The van der Waals surface area contributed by atoms with Gasteiger partial charge in [-0.3, -0.25) is 14.5 Å². The standard InChI is InChI=1S/C12H15NO6/c14-9-3-4-10(15)13(9)7-1-2-8-19-12(18)6-5-11(16)17/h5-6H,1-4,7-8H2,(H,16,17)/b6-5+. The largest absolute Gasteiger partial charge is 0.478 e. The molecule has 1 aliphatic rings. The lowest BCUT2D eigenvalue weighted by Crippen LogP contribution is -2.30. The van der Waals surface area contributed by atoms with Crippen LogP contribution in [-0.2, 0) is 23.9 Å². The van der Waals surface area contributed by atoms with Crippen LogP contribution in [0.25, 0.3) is 0 Å². The van der Waals surface area contributed by atoms with Crippen molar-refractivity contribution in [1.29, 1.82) is 0 Å². The summed E-state index contributed by atoms with van der Waals surface area (Å²) in [7, 11) is 0. The lowest BCUT2D eigenvalue weighted by Gasteiger charge is -2.12. The van der Waals surface area contributed by atoms with Gasteiger partial charge in [0.2, 0.25) is 11.8 Å². The van der Waals surface area contributed by atoms with E-state index in [1.54, 1.807) is 0 Å². The molecule has 0 atom stereocenters. The quantitative estimate of drug-likeness (QED) is 0.304. The molecule has 1 heterocycles. The van der Waals surface area contributed by atoms with Gasteiger partial charge >= 0.3 is 11.9 Å². The Morgan fingerprint density at radius 3 is 2.37 bits per heavy atom. The Morgan fingerprint density at radius 1 is 1.16 bits per heavy atom. The molecule has 0 aromatic heterocycles. The van der Waals surface area contributed by atoms with Gasteiger partial charge in [0.05, 0.1) is 6.61 Å². The highest BCUT2D eigenvalue weighted by molar-refractivity contribution is 6.01. The number of nitrogens with zero attached hydrogens (tertiary/aromatic N) is 1. The van der Waals surface area contributed by atoms with Crippen molar-refractivity contribution in [3.05, 3.63) is 12.2 Å². The molecule has 7 nitrogen and oxygen atoms in total. The van der Waals surface area contributed by atoms with Gasteiger partial charge < -0.3 is 9.84 Å². The summed E-state index contributed by atoms with van der Waals surface area (Å²) in [5.74, 6) is -2.27. The fraction of sp³-hybridized carbons (Fsp3) is 0.500. The van der Waals surface area contributed by atoms with Crippen LogP contribution in [0.2, 0.25) is 0 Å². The zero-order valence-corrected chi connectivity index (χ0v) is 10.3. The molecule has 0 aromatic carbocycles. The maximum absolute atomic E-state index is 11.3. The number of likely N-dealkylation sites (tertiary alicyclic amines) is 1. The van der Waals surface area contributed by atoms with Gasteiger partial charge in [-0.25, -0.2) is 9.59 Å². The zero-order valence-electron chi connectivity index (χ0n) is 10.3. The molecule has 0 radical (unpaired) electrons. The molecule has 2 amide bonds. The summed E-state index contributed by atoms with van der Waals surface area (Å²) < 4.78 is 4.73. The third-order valence-corrected chi connectivity index (χ3v) is 2.54. The van der Waals surface area contributed by atoms with Crippen LogP contribution in [-0.4, -0.2) is 46.9 Å². The second kappa shape index (κ2) is 7.30. The minimum Gasteiger partial charge on any atom is -0.478 e. The van der Waals surface area contributed by atoms with Crippen LogP contribution in [0, 0.1) is 0 Å². The van der Waals surface area contributed by atoms with Crippen molar-refractivity contribution in [1.82, 2.24) is 4.90 Å². The van der Waals surface area contributed by atoms with Crippen molar-refractivity contribution in [2.24, 2.45) is 0 Å². The molecule has 1 rings (SSSR count). The van der Waals surface area contributed by atoms with E-state index >= 15 is 0 Å². The van der Waals surface area contributed by atoms with Crippen LogP contribution in [0.1, 0.15) is 25.7 Å². The zero-order chi connectivity index (χ0) is 14.3. The van der Waals surface area contributed by atoms with E-state index in [2.05, 4.69) is 0 Å². The van der Waals surface area contributed by atoms with Gasteiger partial charge in [0, 0.05) is 31.5 Å². The van der Waals surface area contributed by atoms with Crippen molar-refractivity contribution in [2.75, 3.05) is 13.2 Å². The predicted octanol–water partition coefficient (Wildman–Crippen LogP) is 0.0996. The van der Waals surface area contributed by atoms with Gasteiger partial charge in [-0.15, -0.1) is 0 Å². The molecular formula is C12H15NO6. The van der Waals surface area contributed by atoms with Crippen LogP contribution in [0.5, 0.6) is 0 Å². The first-order chi connectivity index (χ1) is 9.00. The van der Waals surface area contributed by atoms with Crippen molar-refractivity contribution in [3.63, 3.8) is 0 Å². The maximum atomic E-state index is 11.3. The van der Waals surface area contributed by atoms with Crippen LogP contribution >= 0.6 is 0 Å². The molecular weight excluding hydrogens is 254 g/mol. The highest BCUT2D eigenvalue weighted by Crippen LogP contribution is 2.12. The third kappa shape index (κ3) is 5.33. The number of unbranched alkanes of at least 4 members (excludes halogenated alkanes) is 1. The number of esters is 1. The molecule has 0 unspecified atom stereocenters. The van der Waals surface area contributed by atoms with E-state index in [0.29, 0.717) is 25.5 Å². The molecule has 0 bridgehead atoms. The van der Waals surface area contributed by atoms with Gasteiger partial charge in [-0.1, -0.05) is 0 Å². The number of rotatable bonds is 7. The second-order valence-corrected chi connectivity index (χ2v) is 3.99. The molecule has 1 aliphatic heterocycles. The molecule has 104 valence electrons. The number of carboxylic acids is 1. The molecule has 19 heavy (non-hydrogen) atoms. The average Bonchev–Trinajstić information content (AvgIpc) is 2.67. The number of ether oxygens (including phenoxy) is 1. The van der Waals surface area contributed by atoms with Crippen LogP contribution in [0.3, 0.4) is 0 Å². The predicted molar refractivity (Wildman–Crippen MR) is 62.9 cm³/mol. The lowest BCUT2D eigenvalue weighted by molar-refractivity contribution is -0.140. The average molecular weight is 269 g/mol. The highest BCUT2D eigenvalue weighted by Gasteiger charge is 2.27. The Balaban J connectivity index is 2.11. The molecule has 0 saturated carbocycles. The fourth-order valence-corrected chi connectivity index (χ4v) is 1.60. The summed E-state index contributed by atoms with van der Waals surface area (Å²) in [6.07, 6.45) is 3.12. The number of carbonyl (C=O) groups excluding carboxylic acids is 3. The molecule has 0 spiro atoms. The first-order valence-electron chi connectivity index (χ1n) is 5.91. The van der Waals surface area contributed by atoms with E-state index in [1.807, 2.05) is 0 Å². The Labute approximate surface area is 109 Å². The summed E-state index contributed by atoms with van der Waals surface area (Å²) in [5, 5.41) is 8.28. The summed E-state index contributed by atoms with van der Waals surface area (Å²) in [5.41, 5.74) is 0. The number of hydrogen-bond donors (Lipinski definition) is 1. The van der Waals surface area contributed by atoms with Gasteiger partial charge in [-0.05, 0) is 12.8 Å². The monoisotopic (exact) mass is 269 g/mol. The topological polar surface area (TPSA) is 101 Å². The summed E-state index contributed by atoms with van der Waals surface area (Å²) >= 11 is 0. The fourth-order valence-electron chi connectivity index (χ4n) is 1.60. The van der Waals surface area contributed by atoms with Gasteiger partial charge in [0.25, 0.3) is 0 Å². The first kappa shape index (κ1) is 14.9. The van der Waals surface area contributed by atoms with E-state index in [9.17, 15) is 19.2 Å². The van der Waals surface area contributed by atoms with E-state index in [-0.39, 0.29) is 31.3 Å². The first-order valence-corrected chi connectivity index (χ1v) is 5.91. The van der Waals surface area contributed by atoms with E-state index in [0.717, 1.165) is 6.08 Å². The van der Waals surface area contributed by atoms with Crippen molar-refractivity contribution in [3.8, 4) is 0 Å². The number of imide groups is 1. The number of amides is 2. The van der Waals surface area contributed by atoms with Crippen LogP contribution in [0.15, 0.2) is 12.2 Å². The molecule has 1 fully saturated rings. The number of hydrogen-bond acceptors (Lipinski definition) is 5. The smallest absolute Gasteiger partial charge is 0.331 e. The highest BCUT2D eigenvalue weighted by atomic mass is 16.5. The second-order valence-electron chi connectivity index (χ2n) is 3.99. The minimum absolute atomic E-state index is 0.124. The molecule has 1 N–H and O–H groups in total. The van der Waals surface area contributed by atoms with Gasteiger partial charge in [0.15, 0.2) is 0 Å². The maximum Gasteiger partial charge on any atom is 0.331 e. The number of carboxylic acid groups (broad SMARTS) is 1. The Kier molecular flexibility index (Phi) is 5.72. The molecule has 1 saturated heterocycles. The van der Waals surface area contributed by atoms with Gasteiger partial charge in [-0.2, -0.15) is 0 Å². The van der Waals surface area contributed by atoms with E-state index in [4.69, 9.17) is 9.84 Å². The van der Waals surface area contributed by atoms with Crippen LogP contribution < -0.4 is 0 Å².